The van der Waals surface area contributed by atoms with E-state index in [1.54, 1.807) is 0 Å². The SMILES string of the molecule is CCCC[C@@H]1CC[C@@H]2CC(CCC)CCC2(C#N)C1. The van der Waals surface area contributed by atoms with Crippen LogP contribution in [-0.4, -0.2) is 0 Å². The summed E-state index contributed by atoms with van der Waals surface area (Å²) in [5.74, 6) is 2.49. The normalized spacial score (nSPS) is 38.5. The van der Waals surface area contributed by atoms with Gasteiger partial charge in [-0.15, -0.1) is 0 Å². The van der Waals surface area contributed by atoms with Crippen molar-refractivity contribution in [2.75, 3.05) is 0 Å². The van der Waals surface area contributed by atoms with Gasteiger partial charge in [0, 0.05) is 0 Å². The van der Waals surface area contributed by atoms with Gasteiger partial charge in [0.1, 0.15) is 0 Å². The molecule has 0 aliphatic heterocycles. The Hall–Kier alpha value is -0.510. The van der Waals surface area contributed by atoms with Crippen LogP contribution in [0.5, 0.6) is 0 Å². The van der Waals surface area contributed by atoms with Gasteiger partial charge in [-0.25, -0.2) is 0 Å². The van der Waals surface area contributed by atoms with Crippen molar-refractivity contribution < 1.29 is 0 Å². The summed E-state index contributed by atoms with van der Waals surface area (Å²) in [4.78, 5) is 0. The predicted octanol–water partition coefficient (Wildman–Crippen LogP) is 5.70. The van der Waals surface area contributed by atoms with Crippen molar-refractivity contribution in [3.63, 3.8) is 0 Å². The highest BCUT2D eigenvalue weighted by molar-refractivity contribution is 5.08. The van der Waals surface area contributed by atoms with E-state index in [-0.39, 0.29) is 5.41 Å². The molecule has 1 heteroatoms. The van der Waals surface area contributed by atoms with Crippen molar-refractivity contribution in [3.8, 4) is 6.07 Å². The van der Waals surface area contributed by atoms with Crippen molar-refractivity contribution in [1.82, 2.24) is 0 Å². The molecule has 1 nitrogen and oxygen atoms in total. The first-order chi connectivity index (χ1) is 9.24. The molecule has 2 fully saturated rings. The fourth-order valence-electron chi connectivity index (χ4n) is 4.73. The van der Waals surface area contributed by atoms with Gasteiger partial charge in [0.15, 0.2) is 0 Å². The Bertz CT molecular complexity index is 316. The monoisotopic (exact) mass is 261 g/mol. The van der Waals surface area contributed by atoms with Gasteiger partial charge < -0.3 is 0 Å². The molecule has 0 heterocycles. The summed E-state index contributed by atoms with van der Waals surface area (Å²) in [5, 5.41) is 9.79. The van der Waals surface area contributed by atoms with E-state index in [0.717, 1.165) is 17.8 Å². The molecule has 0 aromatic rings. The van der Waals surface area contributed by atoms with Crippen molar-refractivity contribution in [2.45, 2.75) is 84.5 Å². The highest BCUT2D eigenvalue weighted by atomic mass is 14.5. The zero-order valence-corrected chi connectivity index (χ0v) is 13.0. The molecule has 0 aromatic heterocycles. The molecule has 2 saturated carbocycles. The molecule has 0 amide bonds. The number of rotatable bonds is 5. The second-order valence-corrected chi connectivity index (χ2v) is 7.18. The topological polar surface area (TPSA) is 23.8 Å². The first-order valence-corrected chi connectivity index (χ1v) is 8.65. The van der Waals surface area contributed by atoms with Gasteiger partial charge in [-0.2, -0.15) is 5.26 Å². The van der Waals surface area contributed by atoms with Gasteiger partial charge in [-0.3, -0.25) is 0 Å². The van der Waals surface area contributed by atoms with Crippen LogP contribution >= 0.6 is 0 Å². The Balaban J connectivity index is 1.97. The maximum atomic E-state index is 9.79. The standard InChI is InChI=1S/C18H31N/c1-3-5-7-16-8-9-17-12-15(6-4-2)10-11-18(17,13-16)14-19/h15-17H,3-13H2,1-2H3/t15?,16-,17-,18?/m1/s1. The maximum Gasteiger partial charge on any atom is 0.0692 e. The van der Waals surface area contributed by atoms with E-state index < -0.39 is 0 Å². The van der Waals surface area contributed by atoms with Crippen LogP contribution in [0.3, 0.4) is 0 Å². The van der Waals surface area contributed by atoms with Crippen molar-refractivity contribution in [1.29, 1.82) is 5.26 Å². The van der Waals surface area contributed by atoms with Crippen LogP contribution in [-0.2, 0) is 0 Å². The Morgan fingerprint density at radius 2 is 1.89 bits per heavy atom. The van der Waals surface area contributed by atoms with Gasteiger partial charge in [0.05, 0.1) is 11.5 Å². The molecule has 0 bridgehead atoms. The van der Waals surface area contributed by atoms with Gasteiger partial charge in [-0.1, -0.05) is 52.4 Å². The van der Waals surface area contributed by atoms with Crippen molar-refractivity contribution >= 4 is 0 Å². The third-order valence-electron chi connectivity index (χ3n) is 5.86. The lowest BCUT2D eigenvalue weighted by Gasteiger charge is -2.48. The zero-order chi connectivity index (χ0) is 13.7. The van der Waals surface area contributed by atoms with E-state index in [1.807, 2.05) is 0 Å². The second kappa shape index (κ2) is 6.78. The summed E-state index contributed by atoms with van der Waals surface area (Å²) in [7, 11) is 0. The Labute approximate surface area is 119 Å². The third-order valence-corrected chi connectivity index (χ3v) is 5.86. The number of unbranched alkanes of at least 4 members (excludes halogenated alkanes) is 1. The number of nitriles is 1. The highest BCUT2D eigenvalue weighted by Gasteiger charge is 2.47. The molecule has 0 radical (unpaired) electrons. The number of hydrogen-bond acceptors (Lipinski definition) is 1. The van der Waals surface area contributed by atoms with Crippen LogP contribution in [0.25, 0.3) is 0 Å². The molecule has 0 spiro atoms. The highest BCUT2D eigenvalue weighted by Crippen LogP contribution is 2.54. The van der Waals surface area contributed by atoms with E-state index in [2.05, 4.69) is 19.9 Å². The maximum absolute atomic E-state index is 9.79. The molecule has 0 N–H and O–H groups in total. The summed E-state index contributed by atoms with van der Waals surface area (Å²) in [6.07, 6.45) is 14.5. The van der Waals surface area contributed by atoms with E-state index >= 15 is 0 Å². The van der Waals surface area contributed by atoms with Gasteiger partial charge in [0.25, 0.3) is 0 Å². The zero-order valence-electron chi connectivity index (χ0n) is 13.0. The summed E-state index contributed by atoms with van der Waals surface area (Å²) in [6.45, 7) is 4.58. The van der Waals surface area contributed by atoms with E-state index in [4.69, 9.17) is 0 Å². The van der Waals surface area contributed by atoms with Crippen LogP contribution in [0.1, 0.15) is 84.5 Å². The lowest BCUT2D eigenvalue weighted by Crippen LogP contribution is -2.40. The molecule has 2 aliphatic rings. The van der Waals surface area contributed by atoms with Crippen LogP contribution in [0.15, 0.2) is 0 Å². The molecule has 2 aliphatic carbocycles. The first-order valence-electron chi connectivity index (χ1n) is 8.65. The van der Waals surface area contributed by atoms with Crippen LogP contribution in [0.2, 0.25) is 0 Å². The largest absolute Gasteiger partial charge is 0.198 e. The van der Waals surface area contributed by atoms with Crippen LogP contribution in [0.4, 0.5) is 0 Å². The van der Waals surface area contributed by atoms with E-state index in [1.165, 1.54) is 70.6 Å². The molecule has 2 rings (SSSR count). The fourth-order valence-corrected chi connectivity index (χ4v) is 4.73. The minimum absolute atomic E-state index is 0.0703. The number of hydrogen-bond donors (Lipinski definition) is 0. The minimum Gasteiger partial charge on any atom is -0.198 e. The third kappa shape index (κ3) is 3.33. The summed E-state index contributed by atoms with van der Waals surface area (Å²) < 4.78 is 0. The van der Waals surface area contributed by atoms with Crippen LogP contribution in [0, 0.1) is 34.5 Å². The van der Waals surface area contributed by atoms with Crippen molar-refractivity contribution in [2.24, 2.45) is 23.2 Å². The lowest BCUT2D eigenvalue weighted by atomic mass is 9.55. The molecule has 19 heavy (non-hydrogen) atoms. The van der Waals surface area contributed by atoms with Crippen molar-refractivity contribution in [3.05, 3.63) is 0 Å². The fraction of sp³-hybridized carbons (Fsp3) is 0.944. The molecule has 4 atom stereocenters. The molecule has 108 valence electrons. The predicted molar refractivity (Wildman–Crippen MR) is 80.7 cm³/mol. The Morgan fingerprint density at radius 1 is 1.05 bits per heavy atom. The van der Waals surface area contributed by atoms with Crippen LogP contribution < -0.4 is 0 Å². The molecule has 0 saturated heterocycles. The van der Waals surface area contributed by atoms with Gasteiger partial charge in [0.2, 0.25) is 0 Å². The number of fused-ring (bicyclic) bond motifs is 1. The smallest absolute Gasteiger partial charge is 0.0692 e. The second-order valence-electron chi connectivity index (χ2n) is 7.18. The molecule has 2 unspecified atom stereocenters. The summed E-state index contributed by atoms with van der Waals surface area (Å²) in [6, 6.07) is 2.79. The van der Waals surface area contributed by atoms with E-state index in [9.17, 15) is 5.26 Å². The number of nitrogens with zero attached hydrogens (tertiary/aromatic N) is 1. The summed E-state index contributed by atoms with van der Waals surface area (Å²) >= 11 is 0. The lowest BCUT2D eigenvalue weighted by molar-refractivity contribution is 0.0371. The minimum atomic E-state index is 0.0703. The summed E-state index contributed by atoms with van der Waals surface area (Å²) in [5.41, 5.74) is 0.0703. The quantitative estimate of drug-likeness (QED) is 0.622. The average molecular weight is 261 g/mol. The molecule has 0 aromatic carbocycles. The average Bonchev–Trinajstić information content (AvgIpc) is 2.45. The molecular formula is C18H31N. The van der Waals surface area contributed by atoms with Gasteiger partial charge in [-0.05, 0) is 49.9 Å². The Morgan fingerprint density at radius 3 is 2.58 bits per heavy atom. The Kier molecular flexibility index (Phi) is 5.31. The van der Waals surface area contributed by atoms with E-state index in [0.29, 0.717) is 0 Å². The first kappa shape index (κ1) is 14.9. The molecular weight excluding hydrogens is 230 g/mol. The van der Waals surface area contributed by atoms with Gasteiger partial charge >= 0.3 is 0 Å².